The number of nitrogens with zero attached hydrogens (tertiary/aromatic N) is 4. The molecule has 1 unspecified atom stereocenters. The van der Waals surface area contributed by atoms with E-state index in [-0.39, 0.29) is 16.9 Å². The molecule has 6 nitrogen and oxygen atoms in total. The van der Waals surface area contributed by atoms with Gasteiger partial charge >= 0.3 is 0 Å². The first kappa shape index (κ1) is 13.9. The van der Waals surface area contributed by atoms with Gasteiger partial charge < -0.3 is 0 Å². The number of carbonyl (C=O) groups excluding carboxylic acids is 2. The highest BCUT2D eigenvalue weighted by Gasteiger charge is 2.32. The van der Waals surface area contributed by atoms with Gasteiger partial charge in [-0.2, -0.15) is 5.10 Å². The Hall–Kier alpha value is -1.50. The normalized spacial score (nSPS) is 19.0. The zero-order chi connectivity index (χ0) is 14.0. The molecule has 1 atom stereocenters. The summed E-state index contributed by atoms with van der Waals surface area (Å²) in [7, 11) is 0. The number of hydrogen-bond donors (Lipinski definition) is 0. The van der Waals surface area contributed by atoms with Crippen molar-refractivity contribution in [2.24, 2.45) is 5.92 Å². The highest BCUT2D eigenvalue weighted by Crippen LogP contribution is 2.25. The quantitative estimate of drug-likeness (QED) is 0.826. The van der Waals surface area contributed by atoms with E-state index in [1.807, 2.05) is 13.8 Å². The van der Waals surface area contributed by atoms with Gasteiger partial charge in [-0.15, -0.1) is 5.10 Å². The van der Waals surface area contributed by atoms with Crippen LogP contribution in [0.25, 0.3) is 0 Å². The minimum atomic E-state index is -0.000736. The smallest absolute Gasteiger partial charge is 0.252 e. The number of aryl methyl sites for hydroxylation is 2. The first-order valence-electron chi connectivity index (χ1n) is 6.09. The molecule has 102 valence electrons. The highest BCUT2D eigenvalue weighted by atomic mass is 32.2. The number of aromatic nitrogens is 3. The van der Waals surface area contributed by atoms with Crippen molar-refractivity contribution in [3.05, 3.63) is 11.4 Å². The van der Waals surface area contributed by atoms with Crippen molar-refractivity contribution in [1.29, 1.82) is 0 Å². The summed E-state index contributed by atoms with van der Waals surface area (Å²) in [5.41, 5.74) is 1.54. The molecule has 1 aliphatic rings. The third-order valence-corrected chi connectivity index (χ3v) is 4.09. The Morgan fingerprint density at radius 1 is 1.37 bits per heavy atom. The second-order valence-corrected chi connectivity index (χ2v) is 5.86. The van der Waals surface area contributed by atoms with E-state index in [0.29, 0.717) is 24.7 Å². The summed E-state index contributed by atoms with van der Waals surface area (Å²) in [5.74, 6) is 1.20. The summed E-state index contributed by atoms with van der Waals surface area (Å²) in [6, 6.07) is 0. The molecule has 0 aromatic carbocycles. The maximum atomic E-state index is 12.0. The third-order valence-electron chi connectivity index (χ3n) is 3.05. The Bertz CT molecular complexity index is 520. The molecule has 1 aromatic rings. The molecule has 1 aliphatic heterocycles. The van der Waals surface area contributed by atoms with Gasteiger partial charge in [-0.05, 0) is 19.8 Å². The van der Waals surface area contributed by atoms with Crippen LogP contribution >= 0.6 is 11.8 Å². The number of anilines is 1. The molecule has 2 rings (SSSR count). The molecular formula is C12H16N4O2S. The van der Waals surface area contributed by atoms with Crippen molar-refractivity contribution < 1.29 is 9.59 Å². The van der Waals surface area contributed by atoms with Gasteiger partial charge in [-0.3, -0.25) is 14.5 Å². The third kappa shape index (κ3) is 3.28. The molecule has 1 fully saturated rings. The van der Waals surface area contributed by atoms with Crippen molar-refractivity contribution in [2.75, 3.05) is 17.2 Å². The van der Waals surface area contributed by atoms with E-state index in [0.717, 1.165) is 11.4 Å². The molecule has 1 saturated heterocycles. The Morgan fingerprint density at radius 3 is 2.74 bits per heavy atom. The zero-order valence-electron chi connectivity index (χ0n) is 11.2. The minimum absolute atomic E-state index is 0.000736. The van der Waals surface area contributed by atoms with Crippen molar-refractivity contribution in [3.8, 4) is 0 Å². The van der Waals surface area contributed by atoms with Crippen LogP contribution in [0.1, 0.15) is 24.7 Å². The predicted molar refractivity (Wildman–Crippen MR) is 72.9 cm³/mol. The van der Waals surface area contributed by atoms with Crippen LogP contribution in [0, 0.1) is 19.8 Å². The van der Waals surface area contributed by atoms with E-state index < -0.39 is 0 Å². The van der Waals surface area contributed by atoms with Crippen molar-refractivity contribution in [3.63, 3.8) is 0 Å². The minimum Gasteiger partial charge on any atom is -0.288 e. The Kier molecular flexibility index (Phi) is 4.14. The largest absolute Gasteiger partial charge is 0.288 e. The molecule has 0 saturated carbocycles. The summed E-state index contributed by atoms with van der Waals surface area (Å²) >= 11 is 1.26. The first-order chi connectivity index (χ1) is 8.97. The van der Waals surface area contributed by atoms with Crippen LogP contribution in [0.15, 0.2) is 0 Å². The van der Waals surface area contributed by atoms with Gasteiger partial charge in [0.2, 0.25) is 5.91 Å². The molecule has 1 amide bonds. The van der Waals surface area contributed by atoms with Gasteiger partial charge in [0.25, 0.3) is 5.95 Å². The topological polar surface area (TPSA) is 76.1 Å². The lowest BCUT2D eigenvalue weighted by atomic mass is 10.1. The van der Waals surface area contributed by atoms with Crippen molar-refractivity contribution in [1.82, 2.24) is 15.2 Å². The number of carbonyl (C=O) groups is 2. The SMILES string of the molecule is CC(=O)SCC1CC(=O)N(c2nnc(C)c(C)n2)C1. The first-order valence-corrected chi connectivity index (χ1v) is 7.07. The molecule has 0 spiro atoms. The second-order valence-electron chi connectivity index (χ2n) is 4.66. The fraction of sp³-hybridized carbons (Fsp3) is 0.583. The summed E-state index contributed by atoms with van der Waals surface area (Å²) in [6.07, 6.45) is 0.441. The van der Waals surface area contributed by atoms with Crippen LogP contribution in [0.4, 0.5) is 5.95 Å². The van der Waals surface area contributed by atoms with E-state index in [1.165, 1.54) is 18.7 Å². The summed E-state index contributed by atoms with van der Waals surface area (Å²) < 4.78 is 0. The molecule has 0 N–H and O–H groups in total. The van der Waals surface area contributed by atoms with Gasteiger partial charge in [-0.25, -0.2) is 4.98 Å². The lowest BCUT2D eigenvalue weighted by molar-refractivity contribution is -0.117. The Labute approximate surface area is 116 Å². The maximum absolute atomic E-state index is 12.0. The average Bonchev–Trinajstić information content (AvgIpc) is 2.72. The maximum Gasteiger partial charge on any atom is 0.252 e. The van der Waals surface area contributed by atoms with Gasteiger partial charge in [0.15, 0.2) is 5.12 Å². The van der Waals surface area contributed by atoms with Crippen molar-refractivity contribution in [2.45, 2.75) is 27.2 Å². The van der Waals surface area contributed by atoms with E-state index >= 15 is 0 Å². The number of hydrogen-bond acceptors (Lipinski definition) is 6. The highest BCUT2D eigenvalue weighted by molar-refractivity contribution is 8.13. The standard InChI is InChI=1S/C12H16N4O2S/c1-7-8(2)14-15-12(13-7)16-5-10(4-11(16)18)6-19-9(3)17/h10H,4-6H2,1-3H3. The van der Waals surface area contributed by atoms with Gasteiger partial charge in [0.05, 0.1) is 11.4 Å². The lowest BCUT2D eigenvalue weighted by Crippen LogP contribution is -2.27. The van der Waals surface area contributed by atoms with E-state index in [2.05, 4.69) is 15.2 Å². The van der Waals surface area contributed by atoms with E-state index in [9.17, 15) is 9.59 Å². The summed E-state index contributed by atoms with van der Waals surface area (Å²) in [6.45, 7) is 5.77. The fourth-order valence-corrected chi connectivity index (χ4v) is 2.58. The molecular weight excluding hydrogens is 264 g/mol. The second kappa shape index (κ2) is 5.64. The van der Waals surface area contributed by atoms with Crippen LogP contribution in [0.3, 0.4) is 0 Å². The molecule has 0 radical (unpaired) electrons. The lowest BCUT2D eigenvalue weighted by Gasteiger charge is -2.14. The Morgan fingerprint density at radius 2 is 2.11 bits per heavy atom. The fourth-order valence-electron chi connectivity index (χ4n) is 1.88. The zero-order valence-corrected chi connectivity index (χ0v) is 12.0. The number of rotatable bonds is 3. The summed E-state index contributed by atoms with van der Waals surface area (Å²) in [4.78, 5) is 28.7. The van der Waals surface area contributed by atoms with Gasteiger partial charge in [-0.1, -0.05) is 11.8 Å². The van der Waals surface area contributed by atoms with E-state index in [4.69, 9.17) is 0 Å². The summed E-state index contributed by atoms with van der Waals surface area (Å²) in [5, 5.41) is 8.04. The van der Waals surface area contributed by atoms with Crippen LogP contribution in [-0.2, 0) is 9.59 Å². The van der Waals surface area contributed by atoms with Crippen LogP contribution in [0.5, 0.6) is 0 Å². The van der Waals surface area contributed by atoms with Crippen LogP contribution in [0.2, 0.25) is 0 Å². The average molecular weight is 280 g/mol. The molecule has 0 bridgehead atoms. The van der Waals surface area contributed by atoms with Gasteiger partial charge in [0, 0.05) is 25.6 Å². The molecule has 0 aliphatic carbocycles. The van der Waals surface area contributed by atoms with Crippen LogP contribution in [-0.4, -0.2) is 38.5 Å². The monoisotopic (exact) mass is 280 g/mol. The van der Waals surface area contributed by atoms with Gasteiger partial charge in [0.1, 0.15) is 0 Å². The predicted octanol–water partition coefficient (Wildman–Crippen LogP) is 1.12. The molecule has 7 heteroatoms. The van der Waals surface area contributed by atoms with E-state index in [1.54, 1.807) is 4.90 Å². The molecule has 1 aromatic heterocycles. The Balaban J connectivity index is 2.07. The van der Waals surface area contributed by atoms with Crippen molar-refractivity contribution >= 4 is 28.7 Å². The molecule has 2 heterocycles. The van der Waals surface area contributed by atoms with Crippen LogP contribution < -0.4 is 4.90 Å². The number of amides is 1. The molecule has 19 heavy (non-hydrogen) atoms. The number of thioether (sulfide) groups is 1.